The van der Waals surface area contributed by atoms with Crippen LogP contribution in [0.4, 0.5) is 0 Å². The van der Waals surface area contributed by atoms with Gasteiger partial charge < -0.3 is 4.42 Å². The maximum Gasteiger partial charge on any atom is 0.203 e. The van der Waals surface area contributed by atoms with E-state index in [1.54, 1.807) is 17.8 Å². The zero-order valence-corrected chi connectivity index (χ0v) is 9.20. The number of tetrazole rings is 1. The zero-order chi connectivity index (χ0) is 11.2. The summed E-state index contributed by atoms with van der Waals surface area (Å²) in [6.07, 6.45) is 0.771. The number of thioether (sulfide) groups is 1. The maximum absolute atomic E-state index is 8.57. The van der Waals surface area contributed by atoms with E-state index in [4.69, 9.17) is 9.68 Å². The van der Waals surface area contributed by atoms with Gasteiger partial charge in [0.25, 0.3) is 0 Å². The van der Waals surface area contributed by atoms with E-state index in [1.807, 2.05) is 12.1 Å². The third-order valence-electron chi connectivity index (χ3n) is 1.88. The van der Waals surface area contributed by atoms with E-state index in [2.05, 4.69) is 20.6 Å². The van der Waals surface area contributed by atoms with Gasteiger partial charge in [0.1, 0.15) is 11.8 Å². The Morgan fingerprint density at radius 3 is 3.12 bits per heavy atom. The van der Waals surface area contributed by atoms with Gasteiger partial charge in [-0.2, -0.15) is 22.2 Å². The quantitative estimate of drug-likeness (QED) is 0.781. The van der Waals surface area contributed by atoms with Gasteiger partial charge in [0, 0.05) is 12.2 Å². The van der Waals surface area contributed by atoms with Crippen molar-refractivity contribution >= 4 is 11.8 Å². The summed E-state index contributed by atoms with van der Waals surface area (Å²) in [7, 11) is 0. The van der Waals surface area contributed by atoms with Crippen molar-refractivity contribution in [3.8, 4) is 6.07 Å². The monoisotopic (exact) mass is 235 g/mol. The van der Waals surface area contributed by atoms with Crippen LogP contribution >= 0.6 is 11.8 Å². The van der Waals surface area contributed by atoms with E-state index in [1.165, 1.54) is 0 Å². The van der Waals surface area contributed by atoms with Gasteiger partial charge in [0.05, 0.1) is 5.75 Å². The van der Waals surface area contributed by atoms with Crippen LogP contribution in [0.5, 0.6) is 0 Å². The number of aromatic amines is 1. The minimum absolute atomic E-state index is 0.355. The number of nitrogens with one attached hydrogen (secondary N) is 1. The molecule has 2 rings (SSSR count). The molecular weight excluding hydrogens is 226 g/mol. The van der Waals surface area contributed by atoms with Gasteiger partial charge in [-0.05, 0) is 12.1 Å². The standard InChI is InChI=1S/C9H9N5OS/c10-5-7-1-2-8(15-7)6-16-4-3-9-11-13-14-12-9/h1-2H,3-4,6H2,(H,11,12,13,14). The average molecular weight is 235 g/mol. The number of furan rings is 1. The Kier molecular flexibility index (Phi) is 3.56. The third-order valence-corrected chi connectivity index (χ3v) is 2.86. The molecule has 0 unspecified atom stereocenters. The summed E-state index contributed by atoms with van der Waals surface area (Å²) < 4.78 is 5.24. The molecule has 0 saturated carbocycles. The highest BCUT2D eigenvalue weighted by Gasteiger charge is 2.02. The molecule has 0 spiro atoms. The van der Waals surface area contributed by atoms with Crippen LogP contribution in [0.1, 0.15) is 17.3 Å². The van der Waals surface area contributed by atoms with Crippen LogP contribution in [-0.4, -0.2) is 26.4 Å². The predicted octanol–water partition coefficient (Wildman–Crippen LogP) is 1.14. The summed E-state index contributed by atoms with van der Waals surface area (Å²) in [6.45, 7) is 0. The summed E-state index contributed by atoms with van der Waals surface area (Å²) in [6, 6.07) is 5.45. The summed E-state index contributed by atoms with van der Waals surface area (Å²) in [5, 5.41) is 22.2. The molecule has 0 aliphatic carbocycles. The van der Waals surface area contributed by atoms with Crippen molar-refractivity contribution in [2.24, 2.45) is 0 Å². The first-order valence-electron chi connectivity index (χ1n) is 4.67. The second-order valence-corrected chi connectivity index (χ2v) is 4.11. The molecule has 6 nitrogen and oxygen atoms in total. The largest absolute Gasteiger partial charge is 0.450 e. The normalized spacial score (nSPS) is 10.2. The minimum atomic E-state index is 0.355. The van der Waals surface area contributed by atoms with Gasteiger partial charge in [-0.25, -0.2) is 0 Å². The Labute approximate surface area is 96.0 Å². The van der Waals surface area contributed by atoms with E-state index in [-0.39, 0.29) is 0 Å². The fourth-order valence-corrected chi connectivity index (χ4v) is 1.97. The van der Waals surface area contributed by atoms with Crippen molar-refractivity contribution in [2.75, 3.05) is 5.75 Å². The lowest BCUT2D eigenvalue weighted by Gasteiger charge is -1.95. The molecular formula is C9H9N5OS. The van der Waals surface area contributed by atoms with Crippen molar-refractivity contribution < 1.29 is 4.42 Å². The molecule has 0 fully saturated rings. The number of rotatable bonds is 5. The van der Waals surface area contributed by atoms with Crippen molar-refractivity contribution in [3.05, 3.63) is 29.5 Å². The second-order valence-electron chi connectivity index (χ2n) is 3.01. The molecule has 7 heteroatoms. The van der Waals surface area contributed by atoms with Crippen molar-refractivity contribution in [2.45, 2.75) is 12.2 Å². The molecule has 0 bridgehead atoms. The SMILES string of the molecule is N#Cc1ccc(CSCCc2nn[nH]n2)o1. The minimum Gasteiger partial charge on any atom is -0.450 e. The van der Waals surface area contributed by atoms with E-state index in [0.717, 1.165) is 23.7 Å². The predicted molar refractivity (Wildman–Crippen MR) is 57.5 cm³/mol. The summed E-state index contributed by atoms with van der Waals surface area (Å²) in [5.74, 6) is 3.52. The van der Waals surface area contributed by atoms with E-state index in [0.29, 0.717) is 11.6 Å². The lowest BCUT2D eigenvalue weighted by molar-refractivity contribution is 0.517. The number of hydrogen-bond acceptors (Lipinski definition) is 6. The molecule has 16 heavy (non-hydrogen) atoms. The summed E-state index contributed by atoms with van der Waals surface area (Å²) in [4.78, 5) is 0. The van der Waals surface area contributed by atoms with Gasteiger partial charge in [0.2, 0.25) is 5.76 Å². The number of hydrogen-bond donors (Lipinski definition) is 1. The Morgan fingerprint density at radius 2 is 2.44 bits per heavy atom. The Balaban J connectivity index is 1.70. The Morgan fingerprint density at radius 1 is 1.50 bits per heavy atom. The average Bonchev–Trinajstić information content (AvgIpc) is 2.95. The van der Waals surface area contributed by atoms with Crippen LogP contribution in [0.3, 0.4) is 0 Å². The summed E-state index contributed by atoms with van der Waals surface area (Å²) in [5.41, 5.74) is 0. The van der Waals surface area contributed by atoms with Gasteiger partial charge in [-0.15, -0.1) is 10.2 Å². The molecule has 2 aromatic heterocycles. The smallest absolute Gasteiger partial charge is 0.203 e. The van der Waals surface area contributed by atoms with Gasteiger partial charge >= 0.3 is 0 Å². The fourth-order valence-electron chi connectivity index (χ4n) is 1.14. The Hall–Kier alpha value is -1.81. The third kappa shape index (κ3) is 2.84. The molecule has 82 valence electrons. The molecule has 0 amide bonds. The Bertz CT molecular complexity index is 472. The highest BCUT2D eigenvalue weighted by atomic mass is 32.2. The van der Waals surface area contributed by atoms with Gasteiger partial charge in [-0.1, -0.05) is 5.21 Å². The van der Waals surface area contributed by atoms with Crippen molar-refractivity contribution in [1.82, 2.24) is 20.6 Å². The molecule has 2 aromatic rings. The van der Waals surface area contributed by atoms with Crippen LogP contribution in [0, 0.1) is 11.3 Å². The zero-order valence-electron chi connectivity index (χ0n) is 8.38. The fraction of sp³-hybridized carbons (Fsp3) is 0.333. The van der Waals surface area contributed by atoms with Gasteiger partial charge in [-0.3, -0.25) is 0 Å². The lowest BCUT2D eigenvalue weighted by atomic mass is 10.4. The number of H-pyrrole nitrogens is 1. The topological polar surface area (TPSA) is 91.4 Å². The van der Waals surface area contributed by atoms with E-state index >= 15 is 0 Å². The highest BCUT2D eigenvalue weighted by Crippen LogP contribution is 2.15. The first-order valence-corrected chi connectivity index (χ1v) is 5.83. The maximum atomic E-state index is 8.57. The molecule has 0 radical (unpaired) electrons. The number of nitriles is 1. The van der Waals surface area contributed by atoms with Crippen molar-refractivity contribution in [1.29, 1.82) is 5.26 Å². The van der Waals surface area contributed by atoms with E-state index in [9.17, 15) is 0 Å². The highest BCUT2D eigenvalue weighted by molar-refractivity contribution is 7.98. The molecule has 0 saturated heterocycles. The molecule has 2 heterocycles. The van der Waals surface area contributed by atoms with Crippen LogP contribution in [0.2, 0.25) is 0 Å². The number of aromatic nitrogens is 4. The van der Waals surface area contributed by atoms with E-state index < -0.39 is 0 Å². The van der Waals surface area contributed by atoms with Crippen LogP contribution in [-0.2, 0) is 12.2 Å². The first kappa shape index (κ1) is 10.7. The van der Waals surface area contributed by atoms with Crippen molar-refractivity contribution in [3.63, 3.8) is 0 Å². The molecule has 0 aromatic carbocycles. The molecule has 0 aliphatic heterocycles. The summed E-state index contributed by atoms with van der Waals surface area (Å²) >= 11 is 1.70. The number of nitrogens with zero attached hydrogens (tertiary/aromatic N) is 4. The van der Waals surface area contributed by atoms with Gasteiger partial charge in [0.15, 0.2) is 5.82 Å². The molecule has 0 atom stereocenters. The van der Waals surface area contributed by atoms with Crippen LogP contribution in [0.15, 0.2) is 16.5 Å². The first-order chi connectivity index (χ1) is 7.88. The van der Waals surface area contributed by atoms with Crippen LogP contribution in [0.25, 0.3) is 0 Å². The lowest BCUT2D eigenvalue weighted by Crippen LogP contribution is -1.92. The molecule has 1 N–H and O–H groups in total. The number of aryl methyl sites for hydroxylation is 1. The molecule has 0 aliphatic rings. The second kappa shape index (κ2) is 5.32. The van der Waals surface area contributed by atoms with Crippen LogP contribution < -0.4 is 0 Å².